The zero-order chi connectivity index (χ0) is 24.0. The number of H-pyrrole nitrogens is 1. The number of rotatable bonds is 4. The van der Waals surface area contributed by atoms with Gasteiger partial charge in [0.05, 0.1) is 11.2 Å². The summed E-state index contributed by atoms with van der Waals surface area (Å²) in [6.45, 7) is 4.33. The molecule has 1 fully saturated rings. The average molecular weight is 467 g/mol. The Labute approximate surface area is 193 Å². The van der Waals surface area contributed by atoms with Crippen molar-refractivity contribution in [1.82, 2.24) is 20.2 Å². The van der Waals surface area contributed by atoms with E-state index in [0.29, 0.717) is 60.5 Å². The first-order valence-corrected chi connectivity index (χ1v) is 10.9. The van der Waals surface area contributed by atoms with Crippen molar-refractivity contribution in [2.75, 3.05) is 38.1 Å². The maximum atomic E-state index is 15.3. The molecule has 1 aliphatic heterocycles. The molecular weight excluding hydrogens is 444 g/mol. The predicted octanol–water partition coefficient (Wildman–Crippen LogP) is 2.94. The van der Waals surface area contributed by atoms with Gasteiger partial charge >= 0.3 is 0 Å². The molecule has 4 aromatic rings. The first-order chi connectivity index (χ1) is 16.4. The van der Waals surface area contributed by atoms with E-state index in [1.165, 1.54) is 13.1 Å². The lowest BCUT2D eigenvalue weighted by Gasteiger charge is -2.36. The molecule has 0 spiro atoms. The molecule has 0 atom stereocenters. The van der Waals surface area contributed by atoms with E-state index in [-0.39, 0.29) is 16.8 Å². The third kappa shape index (κ3) is 3.79. The number of hydrogen-bond donors (Lipinski definition) is 2. The summed E-state index contributed by atoms with van der Waals surface area (Å²) in [5, 5.41) is 3.61. The normalized spacial score (nSPS) is 14.8. The highest BCUT2D eigenvalue weighted by Gasteiger charge is 2.23. The number of carbonyl (C=O) groups excluding carboxylic acids is 1. The standard InChI is InChI=1S/C24H23F2N5O3/c1-13-11-16-15-4-3-14(19(25)20(15)29-24(33)21(16)34-13)12-30-7-9-31(10-8-30)18-6-5-17(23(32)27-2)28-22(18)26/h3-6,11H,7-10,12H2,1-2H3,(H,27,32)(H,29,33). The summed E-state index contributed by atoms with van der Waals surface area (Å²) >= 11 is 0. The molecule has 34 heavy (non-hydrogen) atoms. The first-order valence-electron chi connectivity index (χ1n) is 10.9. The van der Waals surface area contributed by atoms with Crippen LogP contribution >= 0.6 is 0 Å². The number of aromatic amines is 1. The number of fused-ring (bicyclic) bond motifs is 3. The van der Waals surface area contributed by atoms with E-state index in [2.05, 4.69) is 20.2 Å². The molecule has 1 amide bonds. The number of halogens is 2. The van der Waals surface area contributed by atoms with Gasteiger partial charge in [-0.1, -0.05) is 12.1 Å². The van der Waals surface area contributed by atoms with E-state index in [9.17, 15) is 14.0 Å². The third-order valence-corrected chi connectivity index (χ3v) is 6.21. The fourth-order valence-corrected chi connectivity index (χ4v) is 4.45. The molecule has 1 saturated heterocycles. The van der Waals surface area contributed by atoms with Gasteiger partial charge in [0.1, 0.15) is 11.5 Å². The molecular formula is C24H23F2N5O3. The number of amides is 1. The van der Waals surface area contributed by atoms with E-state index >= 15 is 4.39 Å². The van der Waals surface area contributed by atoms with E-state index in [1.54, 1.807) is 31.2 Å². The van der Waals surface area contributed by atoms with Crippen molar-refractivity contribution in [1.29, 1.82) is 0 Å². The molecule has 2 N–H and O–H groups in total. The van der Waals surface area contributed by atoms with Crippen molar-refractivity contribution >= 4 is 33.5 Å². The number of piperazine rings is 1. The number of carbonyl (C=O) groups is 1. The van der Waals surface area contributed by atoms with Gasteiger partial charge in [-0.2, -0.15) is 4.39 Å². The number of pyridine rings is 2. The van der Waals surface area contributed by atoms with E-state index < -0.39 is 23.2 Å². The van der Waals surface area contributed by atoms with Gasteiger partial charge < -0.3 is 19.6 Å². The predicted molar refractivity (Wildman–Crippen MR) is 124 cm³/mol. The molecule has 0 radical (unpaired) electrons. The van der Waals surface area contributed by atoms with Crippen LogP contribution in [0.15, 0.2) is 39.5 Å². The molecule has 0 saturated carbocycles. The molecule has 8 nitrogen and oxygen atoms in total. The molecule has 10 heteroatoms. The summed E-state index contributed by atoms with van der Waals surface area (Å²) in [4.78, 5) is 34.3. The number of benzene rings is 1. The van der Waals surface area contributed by atoms with Crippen molar-refractivity contribution in [3.63, 3.8) is 0 Å². The Morgan fingerprint density at radius 1 is 1.15 bits per heavy atom. The van der Waals surface area contributed by atoms with Gasteiger partial charge in [0.2, 0.25) is 5.95 Å². The zero-order valence-corrected chi connectivity index (χ0v) is 18.7. The van der Waals surface area contributed by atoms with Crippen molar-refractivity contribution in [3.8, 4) is 0 Å². The summed E-state index contributed by atoms with van der Waals surface area (Å²) in [5.74, 6) is -1.01. The topological polar surface area (TPSA) is 94.5 Å². The summed E-state index contributed by atoms with van der Waals surface area (Å²) in [6, 6.07) is 8.31. The number of furan rings is 1. The number of aryl methyl sites for hydroxylation is 1. The smallest absolute Gasteiger partial charge is 0.292 e. The minimum Gasteiger partial charge on any atom is -0.456 e. The summed E-state index contributed by atoms with van der Waals surface area (Å²) < 4.78 is 35.3. The highest BCUT2D eigenvalue weighted by molar-refractivity contribution is 6.04. The quantitative estimate of drug-likeness (QED) is 0.448. The Morgan fingerprint density at radius 3 is 2.62 bits per heavy atom. The maximum Gasteiger partial charge on any atom is 0.292 e. The van der Waals surface area contributed by atoms with Crippen molar-refractivity contribution < 1.29 is 18.0 Å². The fraction of sp³-hybridized carbons (Fsp3) is 0.292. The lowest BCUT2D eigenvalue weighted by molar-refractivity contribution is 0.0957. The van der Waals surface area contributed by atoms with Crippen LogP contribution in [0.5, 0.6) is 0 Å². The van der Waals surface area contributed by atoms with Crippen molar-refractivity contribution in [2.45, 2.75) is 13.5 Å². The zero-order valence-electron chi connectivity index (χ0n) is 18.7. The van der Waals surface area contributed by atoms with Crippen LogP contribution in [-0.4, -0.2) is 54.0 Å². The van der Waals surface area contributed by atoms with Crippen molar-refractivity contribution in [3.05, 3.63) is 69.5 Å². The van der Waals surface area contributed by atoms with E-state index in [0.717, 1.165) is 0 Å². The second-order valence-corrected chi connectivity index (χ2v) is 8.36. The fourth-order valence-electron chi connectivity index (χ4n) is 4.45. The number of nitrogens with one attached hydrogen (secondary N) is 2. The van der Waals surface area contributed by atoms with Gasteiger partial charge in [-0.3, -0.25) is 14.5 Å². The van der Waals surface area contributed by atoms with Crippen LogP contribution in [0.2, 0.25) is 0 Å². The van der Waals surface area contributed by atoms with Gasteiger partial charge in [0, 0.05) is 56.1 Å². The number of hydrogen-bond acceptors (Lipinski definition) is 6. The average Bonchev–Trinajstić information content (AvgIpc) is 3.24. The van der Waals surface area contributed by atoms with E-state index in [4.69, 9.17) is 4.42 Å². The van der Waals surface area contributed by atoms with Crippen molar-refractivity contribution in [2.24, 2.45) is 0 Å². The molecule has 176 valence electrons. The first kappa shape index (κ1) is 22.0. The van der Waals surface area contributed by atoms with Crippen LogP contribution in [0.4, 0.5) is 14.5 Å². The summed E-state index contributed by atoms with van der Waals surface area (Å²) in [7, 11) is 1.46. The Bertz CT molecular complexity index is 1470. The monoisotopic (exact) mass is 467 g/mol. The number of nitrogens with zero attached hydrogens (tertiary/aromatic N) is 3. The summed E-state index contributed by atoms with van der Waals surface area (Å²) in [5.41, 5.74) is 0.727. The Balaban J connectivity index is 1.32. The Morgan fingerprint density at radius 2 is 1.91 bits per heavy atom. The second kappa shape index (κ2) is 8.53. The van der Waals surface area contributed by atoms with Crippen LogP contribution in [-0.2, 0) is 6.54 Å². The minimum atomic E-state index is -0.695. The lowest BCUT2D eigenvalue weighted by atomic mass is 10.1. The van der Waals surface area contributed by atoms with E-state index in [1.807, 2.05) is 4.90 Å². The van der Waals surface area contributed by atoms with Crippen LogP contribution < -0.4 is 15.8 Å². The Kier molecular flexibility index (Phi) is 5.52. The lowest BCUT2D eigenvalue weighted by Crippen LogP contribution is -2.46. The maximum absolute atomic E-state index is 15.3. The largest absolute Gasteiger partial charge is 0.456 e. The Hall–Kier alpha value is -3.79. The van der Waals surface area contributed by atoms with Gasteiger partial charge in [-0.15, -0.1) is 0 Å². The number of anilines is 1. The second-order valence-electron chi connectivity index (χ2n) is 8.36. The molecule has 5 rings (SSSR count). The molecule has 1 aromatic carbocycles. The van der Waals surface area contributed by atoms with Gasteiger partial charge in [-0.05, 0) is 25.1 Å². The van der Waals surface area contributed by atoms with Crippen LogP contribution in [0.3, 0.4) is 0 Å². The number of aromatic nitrogens is 2. The van der Waals surface area contributed by atoms with Gasteiger partial charge in [-0.25, -0.2) is 9.37 Å². The molecule has 0 bridgehead atoms. The van der Waals surface area contributed by atoms with Crippen LogP contribution in [0, 0.1) is 18.7 Å². The highest BCUT2D eigenvalue weighted by atomic mass is 19.1. The molecule has 0 aliphatic carbocycles. The van der Waals surface area contributed by atoms with Gasteiger partial charge in [0.15, 0.2) is 11.4 Å². The molecule has 3 aromatic heterocycles. The van der Waals surface area contributed by atoms with Gasteiger partial charge in [0.25, 0.3) is 11.5 Å². The molecule has 4 heterocycles. The van der Waals surface area contributed by atoms with Crippen LogP contribution in [0.1, 0.15) is 21.8 Å². The third-order valence-electron chi connectivity index (χ3n) is 6.21. The molecule has 0 unspecified atom stereocenters. The summed E-state index contributed by atoms with van der Waals surface area (Å²) in [6.07, 6.45) is 0. The SMILES string of the molecule is CNC(=O)c1ccc(N2CCN(Cc3ccc4c([nH]c(=O)c5oc(C)cc54)c3F)CC2)c(F)n1. The minimum absolute atomic E-state index is 0.0232. The van der Waals surface area contributed by atoms with Crippen LogP contribution in [0.25, 0.3) is 21.9 Å². The highest BCUT2D eigenvalue weighted by Crippen LogP contribution is 2.28. The molecule has 1 aliphatic rings.